The van der Waals surface area contributed by atoms with Gasteiger partial charge in [-0.25, -0.2) is 8.42 Å². The maximum Gasteiger partial charge on any atom is 0.263 e. The molecule has 2 aliphatic heterocycles. The average molecular weight is 421 g/mol. The van der Waals surface area contributed by atoms with E-state index in [1.807, 2.05) is 17.1 Å². The Labute approximate surface area is 157 Å². The van der Waals surface area contributed by atoms with Gasteiger partial charge in [-0.15, -0.1) is 0 Å². The van der Waals surface area contributed by atoms with E-state index in [1.54, 1.807) is 24.3 Å². The summed E-state index contributed by atoms with van der Waals surface area (Å²) in [6.45, 7) is 4.81. The predicted molar refractivity (Wildman–Crippen MR) is 104 cm³/mol. The standard InChI is InChI=1S/C19H21BrN2O2S/c1-14-3-7-17-13-15(2)11-12-22(17)19(10-4-14)21-25(23,24)18-8-5-16(20)6-9-18/h4-6,8-11,13,21H,3,7,12H2,1-2H3. The molecular formula is C19H21BrN2O2S. The van der Waals surface area contributed by atoms with E-state index in [2.05, 4.69) is 46.7 Å². The summed E-state index contributed by atoms with van der Waals surface area (Å²) in [6, 6.07) is 6.63. The monoisotopic (exact) mass is 420 g/mol. The Morgan fingerprint density at radius 3 is 2.52 bits per heavy atom. The summed E-state index contributed by atoms with van der Waals surface area (Å²) < 4.78 is 29.2. The van der Waals surface area contributed by atoms with Crippen LogP contribution in [-0.2, 0) is 10.0 Å². The number of nitrogens with zero attached hydrogens (tertiary/aromatic N) is 1. The average Bonchev–Trinajstić information content (AvgIpc) is 2.56. The highest BCUT2D eigenvalue weighted by Crippen LogP contribution is 2.27. The highest BCUT2D eigenvalue weighted by Gasteiger charge is 2.23. The predicted octanol–water partition coefficient (Wildman–Crippen LogP) is 4.45. The first-order valence-electron chi connectivity index (χ1n) is 8.16. The van der Waals surface area contributed by atoms with Gasteiger partial charge < -0.3 is 4.90 Å². The summed E-state index contributed by atoms with van der Waals surface area (Å²) >= 11 is 3.33. The molecule has 0 amide bonds. The van der Waals surface area contributed by atoms with Crippen LogP contribution in [0, 0.1) is 0 Å². The third-order valence-electron chi connectivity index (χ3n) is 4.29. The number of hydrogen-bond donors (Lipinski definition) is 1. The van der Waals surface area contributed by atoms with E-state index >= 15 is 0 Å². The minimum Gasteiger partial charge on any atom is -0.327 e. The van der Waals surface area contributed by atoms with Crippen LogP contribution in [0.25, 0.3) is 0 Å². The lowest BCUT2D eigenvalue weighted by Gasteiger charge is -2.33. The van der Waals surface area contributed by atoms with Crippen LogP contribution < -0.4 is 4.72 Å². The van der Waals surface area contributed by atoms with E-state index in [-0.39, 0.29) is 4.90 Å². The Bertz CT molecular complexity index is 894. The molecule has 0 atom stereocenters. The van der Waals surface area contributed by atoms with Gasteiger partial charge >= 0.3 is 0 Å². The number of halogens is 1. The van der Waals surface area contributed by atoms with Gasteiger partial charge in [0.2, 0.25) is 0 Å². The van der Waals surface area contributed by atoms with Gasteiger partial charge in [0.1, 0.15) is 5.82 Å². The van der Waals surface area contributed by atoms with E-state index in [0.29, 0.717) is 12.4 Å². The summed E-state index contributed by atoms with van der Waals surface area (Å²) in [5, 5.41) is 0. The van der Waals surface area contributed by atoms with E-state index < -0.39 is 10.0 Å². The van der Waals surface area contributed by atoms with Crippen LogP contribution in [0.3, 0.4) is 0 Å². The molecule has 2 heterocycles. The van der Waals surface area contributed by atoms with Crippen molar-refractivity contribution in [3.8, 4) is 0 Å². The number of allylic oxidation sites excluding steroid dienone is 6. The second-order valence-corrected chi connectivity index (χ2v) is 8.92. The lowest BCUT2D eigenvalue weighted by Crippen LogP contribution is -2.36. The summed E-state index contributed by atoms with van der Waals surface area (Å²) in [5.41, 5.74) is 3.58. The van der Waals surface area contributed by atoms with Crippen LogP contribution in [0.2, 0.25) is 0 Å². The second-order valence-electron chi connectivity index (χ2n) is 6.32. The largest absolute Gasteiger partial charge is 0.327 e. The van der Waals surface area contributed by atoms with Gasteiger partial charge in [0.25, 0.3) is 10.0 Å². The van der Waals surface area contributed by atoms with E-state index in [0.717, 1.165) is 23.0 Å². The maximum absolute atomic E-state index is 12.8. The van der Waals surface area contributed by atoms with Crippen molar-refractivity contribution in [3.05, 3.63) is 75.7 Å². The summed E-state index contributed by atoms with van der Waals surface area (Å²) in [4.78, 5) is 2.28. The van der Waals surface area contributed by atoms with Crippen molar-refractivity contribution in [1.29, 1.82) is 0 Å². The van der Waals surface area contributed by atoms with Crippen molar-refractivity contribution in [1.82, 2.24) is 9.62 Å². The van der Waals surface area contributed by atoms with Crippen LogP contribution in [-0.4, -0.2) is 19.9 Å². The van der Waals surface area contributed by atoms with Gasteiger partial charge in [-0.05, 0) is 63.1 Å². The molecule has 0 bridgehead atoms. The Hall–Kier alpha value is -1.79. The second kappa shape index (κ2) is 7.22. The van der Waals surface area contributed by atoms with Crippen LogP contribution in [0.1, 0.15) is 26.7 Å². The zero-order chi connectivity index (χ0) is 18.0. The Balaban J connectivity index is 1.95. The number of benzene rings is 1. The van der Waals surface area contributed by atoms with Gasteiger partial charge in [0.15, 0.2) is 0 Å². The van der Waals surface area contributed by atoms with Crippen LogP contribution in [0.15, 0.2) is 80.6 Å². The third-order valence-corrected chi connectivity index (χ3v) is 6.19. The van der Waals surface area contributed by atoms with Gasteiger partial charge in [-0.1, -0.05) is 39.2 Å². The SMILES string of the molecule is CC1=CCN2C(=C1)CCC(C)=CC=C2NS(=O)(=O)c1ccc(Br)cc1. The minimum atomic E-state index is -3.64. The molecule has 0 saturated carbocycles. The quantitative estimate of drug-likeness (QED) is 0.785. The molecule has 1 N–H and O–H groups in total. The fraction of sp³-hybridized carbons (Fsp3) is 0.263. The van der Waals surface area contributed by atoms with Crippen molar-refractivity contribution >= 4 is 26.0 Å². The molecule has 0 fully saturated rings. The Morgan fingerprint density at radius 1 is 1.08 bits per heavy atom. The van der Waals surface area contributed by atoms with Gasteiger partial charge in [0, 0.05) is 16.7 Å². The summed E-state index contributed by atoms with van der Waals surface area (Å²) in [5.74, 6) is 0.581. The first kappa shape index (κ1) is 18.0. The number of rotatable bonds is 3. The zero-order valence-electron chi connectivity index (χ0n) is 14.3. The molecule has 4 nitrogen and oxygen atoms in total. The Morgan fingerprint density at radius 2 is 1.80 bits per heavy atom. The lowest BCUT2D eigenvalue weighted by molar-refractivity contribution is 0.423. The number of nitrogens with one attached hydrogen (secondary N) is 1. The lowest BCUT2D eigenvalue weighted by atomic mass is 10.0. The normalized spacial score (nSPS) is 18.1. The smallest absolute Gasteiger partial charge is 0.263 e. The number of hydrogen-bond acceptors (Lipinski definition) is 3. The van der Waals surface area contributed by atoms with Crippen LogP contribution in [0.5, 0.6) is 0 Å². The van der Waals surface area contributed by atoms with Crippen molar-refractivity contribution in [2.24, 2.45) is 0 Å². The molecule has 25 heavy (non-hydrogen) atoms. The molecule has 2 aliphatic rings. The highest BCUT2D eigenvalue weighted by molar-refractivity contribution is 9.10. The number of fused-ring (bicyclic) bond motifs is 1. The van der Waals surface area contributed by atoms with Crippen molar-refractivity contribution in [2.75, 3.05) is 6.54 Å². The molecule has 0 unspecified atom stereocenters. The molecule has 132 valence electrons. The molecular weight excluding hydrogens is 400 g/mol. The molecule has 0 aliphatic carbocycles. The molecule has 3 rings (SSSR count). The zero-order valence-corrected chi connectivity index (χ0v) is 16.7. The van der Waals surface area contributed by atoms with Gasteiger partial charge in [0.05, 0.1) is 4.90 Å². The van der Waals surface area contributed by atoms with E-state index in [4.69, 9.17) is 0 Å². The molecule has 6 heteroatoms. The summed E-state index contributed by atoms with van der Waals surface area (Å²) in [6.07, 6.45) is 9.94. The fourth-order valence-electron chi connectivity index (χ4n) is 2.83. The first-order chi connectivity index (χ1) is 11.8. The maximum atomic E-state index is 12.8. The first-order valence-corrected chi connectivity index (χ1v) is 10.4. The van der Waals surface area contributed by atoms with Crippen molar-refractivity contribution in [2.45, 2.75) is 31.6 Å². The van der Waals surface area contributed by atoms with E-state index in [1.165, 1.54) is 11.1 Å². The molecule has 0 aromatic heterocycles. The topological polar surface area (TPSA) is 49.4 Å². The van der Waals surface area contributed by atoms with Gasteiger partial charge in [-0.3, -0.25) is 4.72 Å². The molecule has 1 aromatic carbocycles. The van der Waals surface area contributed by atoms with Crippen molar-refractivity contribution < 1.29 is 8.42 Å². The molecule has 1 aromatic rings. The van der Waals surface area contributed by atoms with Crippen LogP contribution in [0.4, 0.5) is 0 Å². The van der Waals surface area contributed by atoms with E-state index in [9.17, 15) is 8.42 Å². The Kier molecular flexibility index (Phi) is 5.20. The fourth-order valence-corrected chi connectivity index (χ4v) is 4.16. The molecule has 0 spiro atoms. The summed E-state index contributed by atoms with van der Waals surface area (Å²) in [7, 11) is -3.64. The minimum absolute atomic E-state index is 0.244. The van der Waals surface area contributed by atoms with Crippen molar-refractivity contribution in [3.63, 3.8) is 0 Å². The van der Waals surface area contributed by atoms with Crippen LogP contribution >= 0.6 is 15.9 Å². The highest BCUT2D eigenvalue weighted by atomic mass is 79.9. The number of sulfonamides is 1. The molecule has 0 radical (unpaired) electrons. The van der Waals surface area contributed by atoms with Gasteiger partial charge in [-0.2, -0.15) is 0 Å². The third kappa shape index (κ3) is 4.25. The molecule has 0 saturated heterocycles.